The molecule has 0 amide bonds. The molecular weight excluding hydrogens is 242 g/mol. The largest absolute Gasteiger partial charge is 0.495 e. The molecule has 0 fully saturated rings. The van der Waals surface area contributed by atoms with E-state index in [1.54, 1.807) is 0 Å². The van der Waals surface area contributed by atoms with Crippen molar-refractivity contribution in [2.45, 2.75) is 24.7 Å². The summed E-state index contributed by atoms with van der Waals surface area (Å²) in [6, 6.07) is 4.22. The smallest absolute Gasteiger partial charge is 0.241 e. The van der Waals surface area contributed by atoms with Gasteiger partial charge < -0.3 is 4.74 Å². The fraction of sp³-hybridized carbons (Fsp3) is 0.364. The average molecular weight is 257 g/mol. The van der Waals surface area contributed by atoms with Crippen LogP contribution in [0.15, 0.2) is 23.1 Å². The van der Waals surface area contributed by atoms with E-state index in [1.165, 1.54) is 25.3 Å². The maximum Gasteiger partial charge on any atom is 0.241 e. The normalized spacial score (nSPS) is 11.2. The summed E-state index contributed by atoms with van der Waals surface area (Å²) in [5.74, 6) is 0.0283. The molecule has 0 spiro atoms. The van der Waals surface area contributed by atoms with E-state index in [4.69, 9.17) is 9.88 Å². The fourth-order valence-corrected chi connectivity index (χ4v) is 2.17. The Kier molecular flexibility index (Phi) is 4.25. The van der Waals surface area contributed by atoms with Crippen molar-refractivity contribution < 1.29 is 17.9 Å². The Bertz CT molecular complexity index is 522. The summed E-state index contributed by atoms with van der Waals surface area (Å²) in [4.78, 5) is 11.5. The van der Waals surface area contributed by atoms with Crippen LogP contribution in [0.3, 0.4) is 0 Å². The van der Waals surface area contributed by atoms with Crippen LogP contribution in [0, 0.1) is 0 Å². The maximum atomic E-state index is 11.6. The van der Waals surface area contributed by atoms with Crippen LogP contribution < -0.4 is 9.88 Å². The Balaban J connectivity index is 3.28. The third-order valence-electron chi connectivity index (χ3n) is 2.27. The van der Waals surface area contributed by atoms with Crippen molar-refractivity contribution in [3.63, 3.8) is 0 Å². The van der Waals surface area contributed by atoms with E-state index in [0.717, 1.165) is 0 Å². The number of methoxy groups -OCH3 is 1. The molecule has 5 nitrogen and oxygen atoms in total. The van der Waals surface area contributed by atoms with E-state index >= 15 is 0 Å². The molecule has 0 aliphatic rings. The first kappa shape index (κ1) is 13.7. The minimum absolute atomic E-state index is 0.111. The van der Waals surface area contributed by atoms with Crippen molar-refractivity contribution in [1.82, 2.24) is 0 Å². The van der Waals surface area contributed by atoms with Gasteiger partial charge in [0.2, 0.25) is 10.0 Å². The fourth-order valence-electron chi connectivity index (χ4n) is 1.44. The van der Waals surface area contributed by atoms with Crippen molar-refractivity contribution in [3.05, 3.63) is 23.8 Å². The Morgan fingerprint density at radius 3 is 2.53 bits per heavy atom. The van der Waals surface area contributed by atoms with Gasteiger partial charge in [0, 0.05) is 12.0 Å². The number of ketones is 1. The summed E-state index contributed by atoms with van der Waals surface area (Å²) in [7, 11) is -2.55. The molecule has 0 atom stereocenters. The summed E-state index contributed by atoms with van der Waals surface area (Å²) in [6.07, 6.45) is 1.08. The number of carbonyl (C=O) groups is 1. The van der Waals surface area contributed by atoms with Gasteiger partial charge in [-0.3, -0.25) is 4.79 Å². The molecule has 94 valence electrons. The molecular formula is C11H15NO4S. The number of sulfonamides is 1. The Labute approximate surface area is 101 Å². The highest BCUT2D eigenvalue weighted by Crippen LogP contribution is 2.24. The van der Waals surface area contributed by atoms with Crippen molar-refractivity contribution >= 4 is 15.8 Å². The SMILES string of the molecule is CCCC(=O)c1ccc(OC)c(S(N)(=O)=O)c1. The van der Waals surface area contributed by atoms with E-state index < -0.39 is 10.0 Å². The average Bonchev–Trinajstić information content (AvgIpc) is 2.27. The van der Waals surface area contributed by atoms with Gasteiger partial charge in [-0.15, -0.1) is 0 Å². The molecule has 17 heavy (non-hydrogen) atoms. The lowest BCUT2D eigenvalue weighted by Gasteiger charge is -2.08. The molecule has 1 rings (SSSR count). The van der Waals surface area contributed by atoms with E-state index in [1.807, 2.05) is 6.92 Å². The number of hydrogen-bond acceptors (Lipinski definition) is 4. The number of Topliss-reactive ketones (excluding diaryl/α,β-unsaturated/α-hetero) is 1. The molecule has 0 aliphatic heterocycles. The van der Waals surface area contributed by atoms with Gasteiger partial charge in [-0.25, -0.2) is 13.6 Å². The third kappa shape index (κ3) is 3.28. The predicted molar refractivity (Wildman–Crippen MR) is 63.6 cm³/mol. The van der Waals surface area contributed by atoms with Gasteiger partial charge in [0.15, 0.2) is 5.78 Å². The van der Waals surface area contributed by atoms with E-state index in [-0.39, 0.29) is 16.4 Å². The number of carbonyl (C=O) groups excluding carboxylic acids is 1. The van der Waals surface area contributed by atoms with Crippen molar-refractivity contribution in [1.29, 1.82) is 0 Å². The van der Waals surface area contributed by atoms with Crippen LogP contribution in [-0.4, -0.2) is 21.3 Å². The van der Waals surface area contributed by atoms with Crippen LogP contribution >= 0.6 is 0 Å². The van der Waals surface area contributed by atoms with E-state index in [0.29, 0.717) is 18.4 Å². The third-order valence-corrected chi connectivity index (χ3v) is 3.20. The van der Waals surface area contributed by atoms with E-state index in [9.17, 15) is 13.2 Å². The summed E-state index contributed by atoms with van der Waals surface area (Å²) in [5, 5.41) is 5.06. The Hall–Kier alpha value is -1.40. The molecule has 0 aliphatic carbocycles. The lowest BCUT2D eigenvalue weighted by Crippen LogP contribution is -2.14. The van der Waals surface area contributed by atoms with Crippen molar-refractivity contribution in [2.24, 2.45) is 5.14 Å². The van der Waals surface area contributed by atoms with Crippen LogP contribution in [-0.2, 0) is 10.0 Å². The molecule has 0 aromatic heterocycles. The molecule has 1 aromatic rings. The van der Waals surface area contributed by atoms with E-state index in [2.05, 4.69) is 0 Å². The zero-order chi connectivity index (χ0) is 13.1. The highest BCUT2D eigenvalue weighted by Gasteiger charge is 2.17. The molecule has 0 unspecified atom stereocenters. The highest BCUT2D eigenvalue weighted by molar-refractivity contribution is 7.89. The van der Waals surface area contributed by atoms with Crippen LogP contribution in [0.25, 0.3) is 0 Å². The first-order valence-electron chi connectivity index (χ1n) is 5.14. The minimum Gasteiger partial charge on any atom is -0.495 e. The first-order valence-corrected chi connectivity index (χ1v) is 6.68. The van der Waals surface area contributed by atoms with Gasteiger partial charge in [-0.2, -0.15) is 0 Å². The number of benzene rings is 1. The zero-order valence-electron chi connectivity index (χ0n) is 9.76. The Morgan fingerprint density at radius 2 is 2.06 bits per heavy atom. The second kappa shape index (κ2) is 5.29. The molecule has 0 heterocycles. The lowest BCUT2D eigenvalue weighted by atomic mass is 10.1. The molecule has 0 bridgehead atoms. The quantitative estimate of drug-likeness (QED) is 0.806. The number of hydrogen-bond donors (Lipinski definition) is 1. The topological polar surface area (TPSA) is 86.5 Å². The van der Waals surface area contributed by atoms with Gasteiger partial charge in [-0.05, 0) is 24.6 Å². The van der Waals surface area contributed by atoms with Crippen molar-refractivity contribution in [2.75, 3.05) is 7.11 Å². The molecule has 6 heteroatoms. The summed E-state index contributed by atoms with van der Waals surface area (Å²) < 4.78 is 27.6. The number of ether oxygens (including phenoxy) is 1. The zero-order valence-corrected chi connectivity index (χ0v) is 10.6. The second-order valence-electron chi connectivity index (χ2n) is 3.58. The maximum absolute atomic E-state index is 11.6. The summed E-state index contributed by atoms with van der Waals surface area (Å²) in [5.41, 5.74) is 0.330. The number of primary sulfonamides is 1. The van der Waals surface area contributed by atoms with Crippen LogP contribution in [0.5, 0.6) is 5.75 Å². The lowest BCUT2D eigenvalue weighted by molar-refractivity contribution is 0.0981. The molecule has 0 radical (unpaired) electrons. The molecule has 2 N–H and O–H groups in total. The summed E-state index contributed by atoms with van der Waals surface area (Å²) in [6.45, 7) is 1.88. The van der Waals surface area contributed by atoms with Gasteiger partial charge in [0.05, 0.1) is 7.11 Å². The highest BCUT2D eigenvalue weighted by atomic mass is 32.2. The monoisotopic (exact) mass is 257 g/mol. The van der Waals surface area contributed by atoms with Gasteiger partial charge in [0.25, 0.3) is 0 Å². The van der Waals surface area contributed by atoms with Gasteiger partial charge in [0.1, 0.15) is 10.6 Å². The Morgan fingerprint density at radius 1 is 1.41 bits per heavy atom. The molecule has 0 saturated carbocycles. The predicted octanol–water partition coefficient (Wildman–Crippen LogP) is 1.33. The number of rotatable bonds is 5. The molecule has 0 saturated heterocycles. The van der Waals surface area contributed by atoms with Gasteiger partial charge >= 0.3 is 0 Å². The standard InChI is InChI=1S/C11H15NO4S/c1-3-4-9(13)8-5-6-10(16-2)11(7-8)17(12,14)15/h5-7H,3-4H2,1-2H3,(H2,12,14,15). The first-order chi connectivity index (χ1) is 7.90. The minimum atomic E-state index is -3.89. The van der Waals surface area contributed by atoms with Crippen molar-refractivity contribution in [3.8, 4) is 5.75 Å². The van der Waals surface area contributed by atoms with Crippen LogP contribution in [0.1, 0.15) is 30.1 Å². The molecule has 1 aromatic carbocycles. The summed E-state index contributed by atoms with van der Waals surface area (Å²) >= 11 is 0. The second-order valence-corrected chi connectivity index (χ2v) is 5.11. The number of nitrogens with two attached hydrogens (primary N) is 1. The van der Waals surface area contributed by atoms with Crippen LogP contribution in [0.4, 0.5) is 0 Å². The van der Waals surface area contributed by atoms with Gasteiger partial charge in [-0.1, -0.05) is 6.92 Å². The van der Waals surface area contributed by atoms with Crippen LogP contribution in [0.2, 0.25) is 0 Å².